The lowest BCUT2D eigenvalue weighted by atomic mass is 10.1. The molecule has 0 saturated heterocycles. The first kappa shape index (κ1) is 10.6. The average Bonchev–Trinajstić information content (AvgIpc) is 2.04. The van der Waals surface area contributed by atoms with Crippen LogP contribution in [0.25, 0.3) is 5.41 Å². The van der Waals surface area contributed by atoms with Crippen LogP contribution in [-0.4, -0.2) is 24.7 Å². The highest BCUT2D eigenvalue weighted by Crippen LogP contribution is 2.03. The van der Waals surface area contributed by atoms with Crippen LogP contribution in [0.1, 0.15) is 19.8 Å². The van der Waals surface area contributed by atoms with Crippen molar-refractivity contribution in [3.05, 3.63) is 11.0 Å². The van der Waals surface area contributed by atoms with Crippen molar-refractivity contribution in [3.8, 4) is 0 Å². The van der Waals surface area contributed by atoms with E-state index in [1.54, 1.807) is 5.87 Å². The van der Waals surface area contributed by atoms with Gasteiger partial charge in [0, 0.05) is 6.42 Å². The molecule has 0 unspecified atom stereocenters. The molecular formula is C8H10NO3-. The Kier molecular flexibility index (Phi) is 4.65. The number of esters is 1. The van der Waals surface area contributed by atoms with E-state index in [-0.39, 0.29) is 24.2 Å². The highest BCUT2D eigenvalue weighted by Gasteiger charge is 2.07. The lowest BCUT2D eigenvalue weighted by Crippen LogP contribution is -2.06. The molecule has 66 valence electrons. The van der Waals surface area contributed by atoms with Gasteiger partial charge in [-0.3, -0.25) is 5.87 Å². The molecule has 0 saturated carbocycles. The van der Waals surface area contributed by atoms with Crippen LogP contribution in [-0.2, 0) is 14.3 Å². The first-order valence-corrected chi connectivity index (χ1v) is 3.45. The van der Waals surface area contributed by atoms with Gasteiger partial charge in [-0.05, 0) is 13.3 Å². The Bertz CT molecular complexity index is 239. The number of hydrogen-bond acceptors (Lipinski definition) is 3. The van der Waals surface area contributed by atoms with Gasteiger partial charge in [-0.2, -0.15) is 0 Å². The molecular weight excluding hydrogens is 158 g/mol. The summed E-state index contributed by atoms with van der Waals surface area (Å²) in [7, 11) is 1.20. The predicted molar refractivity (Wildman–Crippen MR) is 43.8 cm³/mol. The van der Waals surface area contributed by atoms with Crippen molar-refractivity contribution in [2.75, 3.05) is 7.11 Å². The van der Waals surface area contributed by atoms with Crippen LogP contribution < -0.4 is 0 Å². The summed E-state index contributed by atoms with van der Waals surface area (Å²) in [5.74, 6) is 0.995. The zero-order valence-electron chi connectivity index (χ0n) is 7.09. The Hall–Kier alpha value is -1.41. The van der Waals surface area contributed by atoms with Crippen LogP contribution in [0.3, 0.4) is 0 Å². The van der Waals surface area contributed by atoms with Crippen LogP contribution >= 0.6 is 0 Å². The first-order chi connectivity index (χ1) is 5.61. The molecule has 0 aromatic carbocycles. The van der Waals surface area contributed by atoms with Crippen molar-refractivity contribution in [1.82, 2.24) is 0 Å². The van der Waals surface area contributed by atoms with Gasteiger partial charge in [-0.15, -0.1) is 0 Å². The molecule has 0 aliphatic heterocycles. The topological polar surface area (TPSA) is 65.7 Å². The smallest absolute Gasteiger partial charge is 0.339 e. The second kappa shape index (κ2) is 5.27. The van der Waals surface area contributed by atoms with Gasteiger partial charge in [-0.25, -0.2) is 4.79 Å². The molecule has 4 nitrogen and oxygen atoms in total. The fraction of sp³-hybridized carbons (Fsp3) is 0.500. The second-order valence-corrected chi connectivity index (χ2v) is 2.28. The van der Waals surface area contributed by atoms with Crippen molar-refractivity contribution in [1.29, 1.82) is 0 Å². The van der Waals surface area contributed by atoms with Gasteiger partial charge in [0.1, 0.15) is 5.78 Å². The summed E-state index contributed by atoms with van der Waals surface area (Å²) in [6, 6.07) is 0. The number of carbonyl (C=O) groups excluding carboxylic acids is 2. The summed E-state index contributed by atoms with van der Waals surface area (Å²) in [4.78, 5) is 21.3. The Morgan fingerprint density at radius 1 is 1.42 bits per heavy atom. The Balaban J connectivity index is 4.12. The van der Waals surface area contributed by atoms with Gasteiger partial charge in [-0.1, -0.05) is 0 Å². The quantitative estimate of drug-likeness (QED) is 0.352. The van der Waals surface area contributed by atoms with E-state index in [2.05, 4.69) is 4.74 Å². The normalized spacial score (nSPS) is 8.50. The van der Waals surface area contributed by atoms with E-state index in [0.29, 0.717) is 0 Å². The summed E-state index contributed by atoms with van der Waals surface area (Å²) in [6.45, 7) is 1.41. The molecule has 0 bridgehead atoms. The lowest BCUT2D eigenvalue weighted by Gasteiger charge is -2.01. The maximum absolute atomic E-state index is 10.8. The van der Waals surface area contributed by atoms with Crippen LogP contribution in [0.2, 0.25) is 0 Å². The zero-order valence-corrected chi connectivity index (χ0v) is 7.09. The standard InChI is InChI=1S/C8H10NO3/c1-6(10)3-4-7(5-9)8(11)12-2/h3-4H2,1-2H3/q-1. The van der Waals surface area contributed by atoms with E-state index in [9.17, 15) is 9.59 Å². The van der Waals surface area contributed by atoms with Crippen molar-refractivity contribution in [2.45, 2.75) is 19.8 Å². The van der Waals surface area contributed by atoms with Gasteiger partial charge in [0.15, 0.2) is 0 Å². The molecule has 0 aromatic rings. The fourth-order valence-electron chi connectivity index (χ4n) is 0.628. The molecule has 0 aromatic heterocycles. The monoisotopic (exact) mass is 168 g/mol. The Morgan fingerprint density at radius 3 is 2.33 bits per heavy atom. The van der Waals surface area contributed by atoms with Gasteiger partial charge < -0.3 is 14.9 Å². The zero-order chi connectivity index (χ0) is 9.56. The third kappa shape index (κ3) is 3.68. The van der Waals surface area contributed by atoms with Gasteiger partial charge in [0.25, 0.3) is 0 Å². The van der Waals surface area contributed by atoms with Gasteiger partial charge in [0.2, 0.25) is 0 Å². The van der Waals surface area contributed by atoms with Crippen LogP contribution in [0.5, 0.6) is 0 Å². The van der Waals surface area contributed by atoms with Crippen molar-refractivity contribution >= 4 is 17.6 Å². The maximum Gasteiger partial charge on any atom is 0.339 e. The van der Waals surface area contributed by atoms with Crippen molar-refractivity contribution < 1.29 is 14.3 Å². The Morgan fingerprint density at radius 2 is 2.00 bits per heavy atom. The molecule has 12 heavy (non-hydrogen) atoms. The molecule has 4 heteroatoms. The SMILES string of the molecule is COC(=O)C(=C=[N-])CCC(C)=O. The van der Waals surface area contributed by atoms with E-state index < -0.39 is 5.97 Å². The summed E-state index contributed by atoms with van der Waals surface area (Å²) in [5, 5.41) is 8.44. The molecule has 0 spiro atoms. The summed E-state index contributed by atoms with van der Waals surface area (Å²) in [5.41, 5.74) is -0.00676. The van der Waals surface area contributed by atoms with Crippen LogP contribution in [0.4, 0.5) is 0 Å². The fourth-order valence-corrected chi connectivity index (χ4v) is 0.628. The van der Waals surface area contributed by atoms with Crippen LogP contribution in [0, 0.1) is 0 Å². The minimum atomic E-state index is -0.654. The molecule has 0 radical (unpaired) electrons. The highest BCUT2D eigenvalue weighted by atomic mass is 16.5. The average molecular weight is 168 g/mol. The summed E-state index contributed by atoms with van der Waals surface area (Å²) in [6.07, 6.45) is 0.372. The van der Waals surface area contributed by atoms with E-state index >= 15 is 0 Å². The first-order valence-electron chi connectivity index (χ1n) is 3.45. The molecule has 0 aliphatic rings. The number of ketones is 1. The highest BCUT2D eigenvalue weighted by molar-refractivity contribution is 5.98. The molecule has 0 N–H and O–H groups in total. The Labute approximate surface area is 70.7 Å². The number of carbonyl (C=O) groups is 2. The van der Waals surface area contributed by atoms with E-state index in [0.717, 1.165) is 0 Å². The number of nitrogens with zero attached hydrogens (tertiary/aromatic N) is 1. The molecule has 0 heterocycles. The number of Topliss-reactive ketones (excluding diaryl/α,β-unsaturated/α-hetero) is 1. The summed E-state index contributed by atoms with van der Waals surface area (Å²) >= 11 is 0. The third-order valence-corrected chi connectivity index (χ3v) is 1.29. The van der Waals surface area contributed by atoms with Gasteiger partial charge in [0.05, 0.1) is 12.7 Å². The molecule has 0 amide bonds. The second-order valence-electron chi connectivity index (χ2n) is 2.28. The molecule has 0 aliphatic carbocycles. The number of hydrogen-bond donors (Lipinski definition) is 0. The van der Waals surface area contributed by atoms with E-state index in [4.69, 9.17) is 5.41 Å². The minimum Gasteiger partial charge on any atom is -0.763 e. The van der Waals surface area contributed by atoms with E-state index in [1.807, 2.05) is 0 Å². The summed E-state index contributed by atoms with van der Waals surface area (Å²) < 4.78 is 4.33. The third-order valence-electron chi connectivity index (χ3n) is 1.29. The van der Waals surface area contributed by atoms with Crippen molar-refractivity contribution in [2.24, 2.45) is 0 Å². The molecule has 0 rings (SSSR count). The number of rotatable bonds is 4. The predicted octanol–water partition coefficient (Wildman–Crippen LogP) is 0.694. The molecule has 0 atom stereocenters. The maximum atomic E-state index is 10.8. The van der Waals surface area contributed by atoms with Gasteiger partial charge >= 0.3 is 5.97 Å². The molecule has 0 fully saturated rings. The number of methoxy groups -OCH3 is 1. The van der Waals surface area contributed by atoms with E-state index in [1.165, 1.54) is 14.0 Å². The lowest BCUT2D eigenvalue weighted by molar-refractivity contribution is -0.136. The number of ether oxygens (including phenoxy) is 1. The van der Waals surface area contributed by atoms with Crippen molar-refractivity contribution in [3.63, 3.8) is 0 Å². The van der Waals surface area contributed by atoms with Crippen LogP contribution in [0.15, 0.2) is 5.57 Å². The largest absolute Gasteiger partial charge is 0.763 e. The minimum absolute atomic E-state index is 0.00676.